The molecule has 0 radical (unpaired) electrons. The number of rotatable bonds is 6. The lowest BCUT2D eigenvalue weighted by molar-refractivity contribution is -0.117. The summed E-state index contributed by atoms with van der Waals surface area (Å²) in [6, 6.07) is 6.26. The number of alkyl halides is 2. The third-order valence-corrected chi connectivity index (χ3v) is 5.49. The molecule has 1 saturated carbocycles. The number of carbonyl (C=O) groups excluding carboxylic acids is 2. The van der Waals surface area contributed by atoms with Gasteiger partial charge in [0.2, 0.25) is 5.91 Å². The van der Waals surface area contributed by atoms with E-state index in [1.807, 2.05) is 0 Å². The highest BCUT2D eigenvalue weighted by molar-refractivity contribution is 6.52. The summed E-state index contributed by atoms with van der Waals surface area (Å²) in [7, 11) is 0. The summed E-state index contributed by atoms with van der Waals surface area (Å²) >= 11 is 17.8. The molecule has 0 aliphatic heterocycles. The number of halogens is 5. The number of nitrogens with one attached hydrogen (secondary N) is 3. The predicted octanol–water partition coefficient (Wildman–Crippen LogP) is 5.05. The molecule has 1 aliphatic rings. The maximum atomic E-state index is 14.6. The molecule has 0 heterocycles. The van der Waals surface area contributed by atoms with E-state index in [9.17, 15) is 18.4 Å². The number of carbonyl (C=O) groups is 2. The van der Waals surface area contributed by atoms with Crippen LogP contribution in [0.15, 0.2) is 30.3 Å². The van der Waals surface area contributed by atoms with Crippen molar-refractivity contribution in [1.29, 1.82) is 0 Å². The molecule has 2 aromatic rings. The first-order valence-corrected chi connectivity index (χ1v) is 9.72. The number of terminal acetylenes is 1. The van der Waals surface area contributed by atoms with Crippen LogP contribution in [-0.2, 0) is 4.79 Å². The van der Waals surface area contributed by atoms with Gasteiger partial charge in [-0.1, -0.05) is 17.5 Å². The van der Waals surface area contributed by atoms with Crippen molar-refractivity contribution in [2.45, 2.75) is 10.8 Å². The van der Waals surface area contributed by atoms with Gasteiger partial charge in [-0.25, -0.2) is 8.78 Å². The molecule has 10 heteroatoms. The molecule has 0 spiro atoms. The van der Waals surface area contributed by atoms with Crippen molar-refractivity contribution in [3.8, 4) is 12.3 Å². The van der Waals surface area contributed by atoms with Gasteiger partial charge in [0.25, 0.3) is 5.91 Å². The van der Waals surface area contributed by atoms with Gasteiger partial charge in [-0.15, -0.1) is 29.6 Å². The molecule has 2 aromatic carbocycles. The first kappa shape index (κ1) is 22.2. The average molecular weight is 473 g/mol. The van der Waals surface area contributed by atoms with Crippen molar-refractivity contribution in [2.75, 3.05) is 22.5 Å². The van der Waals surface area contributed by atoms with Crippen LogP contribution in [0.2, 0.25) is 5.02 Å². The minimum atomic E-state index is -1.10. The molecule has 0 bridgehead atoms. The van der Waals surface area contributed by atoms with Crippen molar-refractivity contribution in [3.63, 3.8) is 0 Å². The van der Waals surface area contributed by atoms with E-state index < -0.39 is 39.4 Å². The third-order valence-electron chi connectivity index (χ3n) is 4.33. The van der Waals surface area contributed by atoms with Crippen LogP contribution in [-0.4, -0.2) is 22.7 Å². The molecule has 0 unspecified atom stereocenters. The SMILES string of the molecule is C#CCNc1c(F)ccc(NC(=O)c2cc(NC(=O)[C@H]3CC3(Cl)Cl)ccc2Cl)c1F. The Morgan fingerprint density at radius 1 is 1.20 bits per heavy atom. The van der Waals surface area contributed by atoms with Gasteiger partial charge in [0.1, 0.15) is 15.8 Å². The molecule has 30 heavy (non-hydrogen) atoms. The zero-order valence-electron chi connectivity index (χ0n) is 15.2. The Hall–Kier alpha value is -2.53. The lowest BCUT2D eigenvalue weighted by Gasteiger charge is -2.13. The number of benzene rings is 2. The summed E-state index contributed by atoms with van der Waals surface area (Å²) in [6.07, 6.45) is 5.41. The van der Waals surface area contributed by atoms with Gasteiger partial charge in [-0.05, 0) is 36.8 Å². The first-order valence-electron chi connectivity index (χ1n) is 8.59. The summed E-state index contributed by atoms with van der Waals surface area (Å²) < 4.78 is 27.3. The highest BCUT2D eigenvalue weighted by Crippen LogP contribution is 2.53. The smallest absolute Gasteiger partial charge is 0.257 e. The zero-order chi connectivity index (χ0) is 22.1. The minimum absolute atomic E-state index is 0.0323. The fourth-order valence-corrected chi connectivity index (χ4v) is 3.35. The van der Waals surface area contributed by atoms with Crippen LogP contribution in [0.3, 0.4) is 0 Å². The molecule has 5 nitrogen and oxygen atoms in total. The summed E-state index contributed by atoms with van der Waals surface area (Å²) in [6.45, 7) is -0.105. The Balaban J connectivity index is 1.79. The van der Waals surface area contributed by atoms with E-state index in [1.54, 1.807) is 0 Å². The van der Waals surface area contributed by atoms with E-state index in [1.165, 1.54) is 18.2 Å². The van der Waals surface area contributed by atoms with Gasteiger partial charge >= 0.3 is 0 Å². The summed E-state index contributed by atoms with van der Waals surface area (Å²) in [5.74, 6) is -1.40. The Kier molecular flexibility index (Phi) is 6.41. The highest BCUT2D eigenvalue weighted by Gasteiger charge is 2.56. The van der Waals surface area contributed by atoms with E-state index >= 15 is 0 Å². The van der Waals surface area contributed by atoms with Crippen LogP contribution in [0.25, 0.3) is 0 Å². The molecule has 1 atom stereocenters. The highest BCUT2D eigenvalue weighted by atomic mass is 35.5. The summed E-state index contributed by atoms with van der Waals surface area (Å²) in [5, 5.41) is 7.41. The number of anilines is 3. The largest absolute Gasteiger partial charge is 0.369 e. The zero-order valence-corrected chi connectivity index (χ0v) is 17.4. The molecule has 2 amide bonds. The number of amides is 2. The Labute approximate surface area is 186 Å². The second-order valence-corrected chi connectivity index (χ2v) is 8.45. The van der Waals surface area contributed by atoms with E-state index in [-0.39, 0.29) is 28.5 Å². The molecule has 3 rings (SSSR count). The predicted molar refractivity (Wildman–Crippen MR) is 114 cm³/mol. The maximum absolute atomic E-state index is 14.6. The molecule has 1 aliphatic carbocycles. The molecule has 0 saturated heterocycles. The van der Waals surface area contributed by atoms with Crippen molar-refractivity contribution in [3.05, 3.63) is 52.6 Å². The number of hydrogen-bond acceptors (Lipinski definition) is 3. The monoisotopic (exact) mass is 471 g/mol. The van der Waals surface area contributed by atoms with Crippen LogP contribution in [0.4, 0.5) is 25.8 Å². The van der Waals surface area contributed by atoms with Crippen LogP contribution >= 0.6 is 34.8 Å². The van der Waals surface area contributed by atoms with Crippen LogP contribution in [0, 0.1) is 29.9 Å². The Morgan fingerprint density at radius 3 is 2.53 bits per heavy atom. The molecule has 1 fully saturated rings. The number of hydrogen-bond donors (Lipinski definition) is 3. The molecular formula is C20H14Cl3F2N3O2. The average Bonchev–Trinajstić information content (AvgIpc) is 3.34. The van der Waals surface area contributed by atoms with Crippen molar-refractivity contribution < 1.29 is 18.4 Å². The van der Waals surface area contributed by atoms with Crippen molar-refractivity contribution in [1.82, 2.24) is 0 Å². The van der Waals surface area contributed by atoms with E-state index in [4.69, 9.17) is 41.2 Å². The molecule has 156 valence electrons. The quantitative estimate of drug-likeness (QED) is 0.407. The van der Waals surface area contributed by atoms with E-state index in [0.29, 0.717) is 6.42 Å². The van der Waals surface area contributed by atoms with Crippen LogP contribution in [0.5, 0.6) is 0 Å². The lowest BCUT2D eigenvalue weighted by Crippen LogP contribution is -2.18. The van der Waals surface area contributed by atoms with Gasteiger partial charge in [0.15, 0.2) is 5.82 Å². The van der Waals surface area contributed by atoms with Gasteiger partial charge in [-0.3, -0.25) is 9.59 Å². The second-order valence-electron chi connectivity index (χ2n) is 6.50. The van der Waals surface area contributed by atoms with Crippen LogP contribution < -0.4 is 16.0 Å². The topological polar surface area (TPSA) is 70.2 Å². The second kappa shape index (κ2) is 8.68. The fourth-order valence-electron chi connectivity index (χ4n) is 2.64. The minimum Gasteiger partial charge on any atom is -0.369 e. The van der Waals surface area contributed by atoms with E-state index in [0.717, 1.165) is 12.1 Å². The fraction of sp³-hybridized carbons (Fsp3) is 0.200. The van der Waals surface area contributed by atoms with Crippen molar-refractivity contribution in [2.24, 2.45) is 5.92 Å². The lowest BCUT2D eigenvalue weighted by atomic mass is 10.1. The van der Waals surface area contributed by atoms with Gasteiger partial charge in [-0.2, -0.15) is 0 Å². The summed E-state index contributed by atoms with van der Waals surface area (Å²) in [5.41, 5.74) is -0.497. The molecule has 3 N–H and O–H groups in total. The van der Waals surface area contributed by atoms with Crippen LogP contribution in [0.1, 0.15) is 16.8 Å². The molecule has 0 aromatic heterocycles. The van der Waals surface area contributed by atoms with Crippen molar-refractivity contribution >= 4 is 63.7 Å². The van der Waals surface area contributed by atoms with Gasteiger partial charge < -0.3 is 16.0 Å². The standard InChI is InChI=1S/C20H14Cl3F2N3O2/c1-2-7-26-17-14(24)5-6-15(16(17)25)28-18(29)11-8-10(3-4-13(11)21)27-19(30)12-9-20(12,22)23/h1,3-6,8,12,26H,7,9H2,(H,27,30)(H,28,29)/t12-/m1/s1. The van der Waals surface area contributed by atoms with E-state index in [2.05, 4.69) is 21.9 Å². The third kappa shape index (κ3) is 4.78. The Bertz CT molecular complexity index is 1070. The molecular weight excluding hydrogens is 459 g/mol. The normalized spacial score (nSPS) is 16.3. The maximum Gasteiger partial charge on any atom is 0.257 e. The Morgan fingerprint density at radius 2 is 1.90 bits per heavy atom. The first-order chi connectivity index (χ1) is 14.1. The van der Waals surface area contributed by atoms with Gasteiger partial charge in [0, 0.05) is 5.69 Å². The van der Waals surface area contributed by atoms with Gasteiger partial charge in [0.05, 0.1) is 28.7 Å². The summed E-state index contributed by atoms with van der Waals surface area (Å²) in [4.78, 5) is 24.7.